The van der Waals surface area contributed by atoms with E-state index in [1.54, 1.807) is 6.33 Å². The highest BCUT2D eigenvalue weighted by Gasteiger charge is 2.14. The average molecular weight is 417 g/mol. The van der Waals surface area contributed by atoms with Gasteiger partial charge in [-0.25, -0.2) is 19.4 Å². The molecule has 2 aromatic carbocycles. The number of benzene rings is 2. The number of hydrogen-bond donors (Lipinski definition) is 1. The van der Waals surface area contributed by atoms with Crippen molar-refractivity contribution in [3.8, 4) is 11.3 Å². The highest BCUT2D eigenvalue weighted by Crippen LogP contribution is 2.30. The molecule has 0 unspecified atom stereocenters. The van der Waals surface area contributed by atoms with E-state index in [1.807, 2.05) is 25.1 Å². The number of aliphatic imine (C=N–C) groups is 1. The normalized spacial score (nSPS) is 15.0. The number of halogens is 1. The van der Waals surface area contributed by atoms with Gasteiger partial charge in [-0.1, -0.05) is 12.1 Å². The first-order chi connectivity index (χ1) is 15.2. The fourth-order valence-corrected chi connectivity index (χ4v) is 3.70. The predicted molar refractivity (Wildman–Crippen MR) is 123 cm³/mol. The maximum absolute atomic E-state index is 13.8. The van der Waals surface area contributed by atoms with E-state index in [4.69, 9.17) is 10.1 Å². The zero-order valence-electron chi connectivity index (χ0n) is 17.4. The van der Waals surface area contributed by atoms with Crippen molar-refractivity contribution < 1.29 is 9.13 Å². The van der Waals surface area contributed by atoms with E-state index in [0.29, 0.717) is 6.42 Å². The number of fused-ring (bicyclic) bond motifs is 1. The fraction of sp³-hybridized carbons (Fsp3) is 0.250. The Morgan fingerprint density at radius 1 is 1.19 bits per heavy atom. The quantitative estimate of drug-likeness (QED) is 0.473. The van der Waals surface area contributed by atoms with Crippen LogP contribution in [0.15, 0.2) is 59.6 Å². The van der Waals surface area contributed by atoms with Crippen molar-refractivity contribution in [2.24, 2.45) is 4.99 Å². The molecule has 0 saturated carbocycles. The first-order valence-corrected chi connectivity index (χ1v) is 10.2. The van der Waals surface area contributed by atoms with Gasteiger partial charge in [0, 0.05) is 29.7 Å². The fourth-order valence-electron chi connectivity index (χ4n) is 3.70. The molecule has 0 amide bonds. The number of morpholine rings is 1. The van der Waals surface area contributed by atoms with Crippen LogP contribution in [0.3, 0.4) is 0 Å². The molecule has 1 aliphatic rings. The highest BCUT2D eigenvalue weighted by atomic mass is 19.1. The molecule has 1 aromatic heterocycles. The number of aryl methyl sites for hydroxylation is 1. The van der Waals surface area contributed by atoms with E-state index < -0.39 is 5.83 Å². The number of allylic oxidation sites excluding steroid dienone is 2. The summed E-state index contributed by atoms with van der Waals surface area (Å²) in [7, 11) is 0. The SMILES string of the molecule is Cc1ccc(-c2ncnc3cc(N4CCOCC4)ccc23)cc1C/C=C(\F)C=NC=N. The average Bonchev–Trinajstić information content (AvgIpc) is 2.82. The van der Waals surface area contributed by atoms with Crippen LogP contribution < -0.4 is 4.90 Å². The number of rotatable bonds is 6. The molecule has 0 radical (unpaired) electrons. The summed E-state index contributed by atoms with van der Waals surface area (Å²) >= 11 is 0. The Morgan fingerprint density at radius 3 is 2.84 bits per heavy atom. The lowest BCUT2D eigenvalue weighted by Gasteiger charge is -2.29. The molecule has 0 spiro atoms. The Balaban J connectivity index is 1.66. The highest BCUT2D eigenvalue weighted by molar-refractivity contribution is 5.94. The largest absolute Gasteiger partial charge is 0.378 e. The number of nitrogens with one attached hydrogen (secondary N) is 1. The molecule has 6 nitrogen and oxygen atoms in total. The van der Waals surface area contributed by atoms with Gasteiger partial charge in [-0.15, -0.1) is 0 Å². The lowest BCUT2D eigenvalue weighted by Crippen LogP contribution is -2.36. The monoisotopic (exact) mass is 417 g/mol. The maximum atomic E-state index is 13.8. The smallest absolute Gasteiger partial charge is 0.137 e. The number of hydrogen-bond acceptors (Lipinski definition) is 5. The van der Waals surface area contributed by atoms with Crippen LogP contribution in [0.1, 0.15) is 11.1 Å². The van der Waals surface area contributed by atoms with Crippen LogP contribution >= 0.6 is 0 Å². The Labute approximate surface area is 180 Å². The van der Waals surface area contributed by atoms with Gasteiger partial charge in [0.25, 0.3) is 0 Å². The third-order valence-electron chi connectivity index (χ3n) is 5.41. The minimum absolute atomic E-state index is 0.430. The Hall–Kier alpha value is -3.45. The minimum Gasteiger partial charge on any atom is -0.378 e. The van der Waals surface area contributed by atoms with E-state index in [9.17, 15) is 4.39 Å². The molecule has 3 aromatic rings. The van der Waals surface area contributed by atoms with Gasteiger partial charge in [-0.3, -0.25) is 5.41 Å². The number of anilines is 1. The zero-order valence-corrected chi connectivity index (χ0v) is 17.4. The first-order valence-electron chi connectivity index (χ1n) is 10.2. The second kappa shape index (κ2) is 9.57. The molecule has 0 aliphatic carbocycles. The zero-order chi connectivity index (χ0) is 21.6. The topological polar surface area (TPSA) is 74.5 Å². The lowest BCUT2D eigenvalue weighted by molar-refractivity contribution is 0.122. The number of ether oxygens (including phenoxy) is 1. The first kappa shape index (κ1) is 20.8. The van der Waals surface area contributed by atoms with Crippen LogP contribution in [0.5, 0.6) is 0 Å². The van der Waals surface area contributed by atoms with Crippen molar-refractivity contribution in [1.82, 2.24) is 9.97 Å². The van der Waals surface area contributed by atoms with E-state index in [2.05, 4.69) is 38.1 Å². The summed E-state index contributed by atoms with van der Waals surface area (Å²) in [6.07, 6.45) is 5.33. The van der Waals surface area contributed by atoms with Gasteiger partial charge in [0.1, 0.15) is 18.5 Å². The summed E-state index contributed by atoms with van der Waals surface area (Å²) < 4.78 is 19.3. The van der Waals surface area contributed by atoms with E-state index in [-0.39, 0.29) is 0 Å². The summed E-state index contributed by atoms with van der Waals surface area (Å²) in [5.41, 5.74) is 5.93. The van der Waals surface area contributed by atoms with Crippen molar-refractivity contribution in [3.05, 3.63) is 65.8 Å². The van der Waals surface area contributed by atoms with Gasteiger partial charge in [0.05, 0.1) is 30.6 Å². The van der Waals surface area contributed by atoms with Crippen molar-refractivity contribution in [2.45, 2.75) is 13.3 Å². The molecular formula is C24H24FN5O. The molecule has 7 heteroatoms. The summed E-state index contributed by atoms with van der Waals surface area (Å²) in [5, 5.41) is 7.83. The van der Waals surface area contributed by atoms with Gasteiger partial charge in [0.15, 0.2) is 0 Å². The van der Waals surface area contributed by atoms with Crippen LogP contribution in [-0.2, 0) is 11.2 Å². The molecule has 4 rings (SSSR count). The number of nitrogens with zero attached hydrogens (tertiary/aromatic N) is 4. The van der Waals surface area contributed by atoms with Gasteiger partial charge >= 0.3 is 0 Å². The van der Waals surface area contributed by atoms with Crippen molar-refractivity contribution in [1.29, 1.82) is 5.41 Å². The molecule has 31 heavy (non-hydrogen) atoms. The van der Waals surface area contributed by atoms with Crippen molar-refractivity contribution in [2.75, 3.05) is 31.2 Å². The van der Waals surface area contributed by atoms with Gasteiger partial charge < -0.3 is 9.64 Å². The molecule has 1 N–H and O–H groups in total. The Kier molecular flexibility index (Phi) is 6.43. The van der Waals surface area contributed by atoms with Gasteiger partial charge in [-0.05, 0) is 54.8 Å². The van der Waals surface area contributed by atoms with Crippen LogP contribution in [0.2, 0.25) is 0 Å². The van der Waals surface area contributed by atoms with E-state index >= 15 is 0 Å². The van der Waals surface area contributed by atoms with Gasteiger partial charge in [0.2, 0.25) is 0 Å². The molecule has 0 bridgehead atoms. The summed E-state index contributed by atoms with van der Waals surface area (Å²) in [4.78, 5) is 14.8. The summed E-state index contributed by atoms with van der Waals surface area (Å²) in [6, 6.07) is 12.4. The lowest BCUT2D eigenvalue weighted by atomic mass is 9.98. The maximum Gasteiger partial charge on any atom is 0.137 e. The van der Waals surface area contributed by atoms with Crippen molar-refractivity contribution in [3.63, 3.8) is 0 Å². The third kappa shape index (κ3) is 4.83. The molecule has 158 valence electrons. The molecule has 0 atom stereocenters. The molecule has 1 saturated heterocycles. The molecule has 1 aliphatic heterocycles. The molecule has 1 fully saturated rings. The molecular weight excluding hydrogens is 393 g/mol. The molecule has 2 heterocycles. The minimum atomic E-state index is -0.462. The second-order valence-corrected chi connectivity index (χ2v) is 7.36. The standard InChI is InChI=1S/C24H24FN5O/c1-17-2-3-19(12-18(17)4-5-20(25)14-27-15-26)24-22-7-6-21(13-23(22)28-16-29-24)30-8-10-31-11-9-30/h2-3,5-7,12-16,26H,4,8-11H2,1H3/b20-5-,26-15?,27-14?. The second-order valence-electron chi connectivity index (χ2n) is 7.36. The van der Waals surface area contributed by atoms with E-state index in [1.165, 1.54) is 6.08 Å². The summed E-state index contributed by atoms with van der Waals surface area (Å²) in [6.45, 7) is 5.23. The Morgan fingerprint density at radius 2 is 2.03 bits per heavy atom. The Bertz CT molecular complexity index is 1150. The van der Waals surface area contributed by atoms with Crippen LogP contribution in [0, 0.1) is 12.3 Å². The third-order valence-corrected chi connectivity index (χ3v) is 5.41. The van der Waals surface area contributed by atoms with Crippen LogP contribution in [-0.4, -0.2) is 48.8 Å². The van der Waals surface area contributed by atoms with E-state index in [0.717, 1.165) is 77.8 Å². The van der Waals surface area contributed by atoms with Crippen molar-refractivity contribution >= 4 is 29.1 Å². The predicted octanol–water partition coefficient (Wildman–Crippen LogP) is 4.52. The number of aromatic nitrogens is 2. The van der Waals surface area contributed by atoms with Gasteiger partial charge in [-0.2, -0.15) is 0 Å². The summed E-state index contributed by atoms with van der Waals surface area (Å²) in [5.74, 6) is -0.462. The van der Waals surface area contributed by atoms with Crippen LogP contribution in [0.4, 0.5) is 10.1 Å². The van der Waals surface area contributed by atoms with Crippen LogP contribution in [0.25, 0.3) is 22.2 Å².